The van der Waals surface area contributed by atoms with Gasteiger partial charge in [0.25, 0.3) is 0 Å². The molecular formula is C20H15N3O. The quantitative estimate of drug-likeness (QED) is 0.573. The predicted molar refractivity (Wildman–Crippen MR) is 96.4 cm³/mol. The molecular weight excluding hydrogens is 298 g/mol. The molecule has 0 saturated heterocycles. The van der Waals surface area contributed by atoms with Crippen LogP contribution in [0.25, 0.3) is 22.0 Å². The van der Waals surface area contributed by atoms with Crippen LogP contribution in [0.4, 0.5) is 11.6 Å². The summed E-state index contributed by atoms with van der Waals surface area (Å²) >= 11 is 0. The summed E-state index contributed by atoms with van der Waals surface area (Å²) in [7, 11) is 0. The zero-order valence-electron chi connectivity index (χ0n) is 12.8. The van der Waals surface area contributed by atoms with Crippen LogP contribution in [0.5, 0.6) is 5.75 Å². The van der Waals surface area contributed by atoms with Crippen LogP contribution in [0, 0.1) is 0 Å². The average Bonchev–Trinajstić information content (AvgIpc) is 2.61. The van der Waals surface area contributed by atoms with E-state index in [2.05, 4.69) is 45.6 Å². The Morgan fingerprint density at radius 2 is 1.67 bits per heavy atom. The maximum absolute atomic E-state index is 9.54. The molecule has 0 aliphatic carbocycles. The van der Waals surface area contributed by atoms with Crippen molar-refractivity contribution in [2.45, 2.75) is 0 Å². The number of anilines is 2. The lowest BCUT2D eigenvalue weighted by Gasteiger charge is -2.08. The topological polar surface area (TPSA) is 58.0 Å². The molecule has 0 spiro atoms. The van der Waals surface area contributed by atoms with E-state index in [1.807, 2.05) is 24.3 Å². The second-order valence-electron chi connectivity index (χ2n) is 5.50. The lowest BCUT2D eigenvalue weighted by atomic mass is 10.1. The Kier molecular flexibility index (Phi) is 3.56. The van der Waals surface area contributed by atoms with E-state index in [0.29, 0.717) is 5.95 Å². The second-order valence-corrected chi connectivity index (χ2v) is 5.50. The first-order valence-electron chi connectivity index (χ1n) is 7.66. The average molecular weight is 313 g/mol. The number of nitrogens with one attached hydrogen (secondary N) is 1. The van der Waals surface area contributed by atoms with Crippen molar-refractivity contribution < 1.29 is 5.11 Å². The second kappa shape index (κ2) is 6.01. The molecule has 1 heterocycles. The normalized spacial score (nSPS) is 10.7. The number of aromatic hydroxyl groups is 1. The van der Waals surface area contributed by atoms with Crippen LogP contribution in [0.2, 0.25) is 0 Å². The highest BCUT2D eigenvalue weighted by Crippen LogP contribution is 2.24. The monoisotopic (exact) mass is 313 g/mol. The molecule has 116 valence electrons. The van der Waals surface area contributed by atoms with E-state index < -0.39 is 0 Å². The maximum atomic E-state index is 9.54. The Bertz CT molecular complexity index is 1010. The van der Waals surface area contributed by atoms with E-state index in [0.717, 1.165) is 16.9 Å². The SMILES string of the molecule is Oc1cccc(Nc2nccc(-c3ccc4ccccc4c3)n2)c1. The van der Waals surface area contributed by atoms with Gasteiger partial charge >= 0.3 is 0 Å². The fraction of sp³-hybridized carbons (Fsp3) is 0. The summed E-state index contributed by atoms with van der Waals surface area (Å²) in [5, 5.41) is 15.0. The number of hydrogen-bond donors (Lipinski definition) is 2. The smallest absolute Gasteiger partial charge is 0.227 e. The van der Waals surface area contributed by atoms with Gasteiger partial charge in [-0.2, -0.15) is 0 Å². The highest BCUT2D eigenvalue weighted by atomic mass is 16.3. The number of rotatable bonds is 3. The molecule has 4 rings (SSSR count). The third-order valence-electron chi connectivity index (χ3n) is 3.80. The van der Waals surface area contributed by atoms with Crippen molar-refractivity contribution in [1.29, 1.82) is 0 Å². The first-order valence-corrected chi connectivity index (χ1v) is 7.66. The summed E-state index contributed by atoms with van der Waals surface area (Å²) in [5.74, 6) is 0.692. The minimum atomic E-state index is 0.200. The fourth-order valence-corrected chi connectivity index (χ4v) is 2.64. The van der Waals surface area contributed by atoms with Crippen molar-refractivity contribution >= 4 is 22.4 Å². The lowest BCUT2D eigenvalue weighted by Crippen LogP contribution is -1.97. The first-order chi connectivity index (χ1) is 11.8. The van der Waals surface area contributed by atoms with Gasteiger partial charge in [0.1, 0.15) is 5.75 Å². The molecule has 24 heavy (non-hydrogen) atoms. The molecule has 0 radical (unpaired) electrons. The first kappa shape index (κ1) is 14.2. The Balaban J connectivity index is 1.68. The molecule has 0 aliphatic rings. The maximum Gasteiger partial charge on any atom is 0.227 e. The third-order valence-corrected chi connectivity index (χ3v) is 3.80. The number of phenols is 1. The van der Waals surface area contributed by atoms with Crippen molar-refractivity contribution in [1.82, 2.24) is 9.97 Å². The number of fused-ring (bicyclic) bond motifs is 1. The van der Waals surface area contributed by atoms with Gasteiger partial charge in [-0.1, -0.05) is 42.5 Å². The largest absolute Gasteiger partial charge is 0.508 e. The fourth-order valence-electron chi connectivity index (χ4n) is 2.64. The molecule has 4 heteroatoms. The van der Waals surface area contributed by atoms with E-state index >= 15 is 0 Å². The molecule has 0 atom stereocenters. The van der Waals surface area contributed by atoms with Gasteiger partial charge in [0.2, 0.25) is 5.95 Å². The number of benzene rings is 3. The predicted octanol–water partition coefficient (Wildman–Crippen LogP) is 4.75. The molecule has 0 bridgehead atoms. The summed E-state index contributed by atoms with van der Waals surface area (Å²) in [5.41, 5.74) is 2.62. The summed E-state index contributed by atoms with van der Waals surface area (Å²) < 4.78 is 0. The molecule has 4 nitrogen and oxygen atoms in total. The lowest BCUT2D eigenvalue weighted by molar-refractivity contribution is 0.475. The molecule has 1 aromatic heterocycles. The van der Waals surface area contributed by atoms with E-state index in [9.17, 15) is 5.11 Å². The minimum absolute atomic E-state index is 0.200. The van der Waals surface area contributed by atoms with E-state index in [1.54, 1.807) is 24.4 Å². The van der Waals surface area contributed by atoms with Crippen LogP contribution in [-0.4, -0.2) is 15.1 Å². The highest BCUT2D eigenvalue weighted by molar-refractivity contribution is 5.86. The summed E-state index contributed by atoms with van der Waals surface area (Å²) in [6.45, 7) is 0. The van der Waals surface area contributed by atoms with Crippen molar-refractivity contribution in [3.05, 3.63) is 79.0 Å². The van der Waals surface area contributed by atoms with E-state index in [1.165, 1.54) is 10.8 Å². The van der Waals surface area contributed by atoms with Gasteiger partial charge in [0.15, 0.2) is 0 Å². The standard InChI is InChI=1S/C20H15N3O/c24-18-7-3-6-17(13-18)22-20-21-11-10-19(23-20)16-9-8-14-4-1-2-5-15(14)12-16/h1-13,24H,(H,21,22,23). The zero-order valence-corrected chi connectivity index (χ0v) is 12.8. The number of hydrogen-bond acceptors (Lipinski definition) is 4. The van der Waals surface area contributed by atoms with Crippen molar-refractivity contribution in [2.75, 3.05) is 5.32 Å². The minimum Gasteiger partial charge on any atom is -0.508 e. The molecule has 4 aromatic rings. The zero-order chi connectivity index (χ0) is 16.4. The van der Waals surface area contributed by atoms with E-state index in [-0.39, 0.29) is 5.75 Å². The van der Waals surface area contributed by atoms with Crippen LogP contribution in [0.15, 0.2) is 79.0 Å². The molecule has 0 amide bonds. The summed E-state index contributed by atoms with van der Waals surface area (Å²) in [6, 6.07) is 23.3. The number of nitrogens with zero attached hydrogens (tertiary/aromatic N) is 2. The highest BCUT2D eigenvalue weighted by Gasteiger charge is 2.04. The van der Waals surface area contributed by atoms with Gasteiger partial charge in [-0.05, 0) is 35.0 Å². The summed E-state index contributed by atoms with van der Waals surface area (Å²) in [6.07, 6.45) is 1.72. The molecule has 0 unspecified atom stereocenters. The van der Waals surface area contributed by atoms with Crippen LogP contribution in [0.3, 0.4) is 0 Å². The number of phenolic OH excluding ortho intramolecular Hbond substituents is 1. The van der Waals surface area contributed by atoms with Crippen LogP contribution in [0.1, 0.15) is 0 Å². The molecule has 0 saturated carbocycles. The van der Waals surface area contributed by atoms with Crippen LogP contribution < -0.4 is 5.32 Å². The molecule has 0 fully saturated rings. The van der Waals surface area contributed by atoms with Crippen LogP contribution in [-0.2, 0) is 0 Å². The molecule has 2 N–H and O–H groups in total. The van der Waals surface area contributed by atoms with Crippen molar-refractivity contribution in [2.24, 2.45) is 0 Å². The van der Waals surface area contributed by atoms with Crippen molar-refractivity contribution in [3.63, 3.8) is 0 Å². The van der Waals surface area contributed by atoms with Crippen molar-refractivity contribution in [3.8, 4) is 17.0 Å². The van der Waals surface area contributed by atoms with Gasteiger partial charge in [-0.25, -0.2) is 9.97 Å². The Morgan fingerprint density at radius 3 is 2.54 bits per heavy atom. The Labute approximate surface area is 139 Å². The Hall–Kier alpha value is -3.40. The third kappa shape index (κ3) is 2.90. The van der Waals surface area contributed by atoms with Gasteiger partial charge in [0.05, 0.1) is 5.69 Å². The van der Waals surface area contributed by atoms with E-state index in [4.69, 9.17) is 0 Å². The van der Waals surface area contributed by atoms with Crippen LogP contribution >= 0.6 is 0 Å². The summed E-state index contributed by atoms with van der Waals surface area (Å²) in [4.78, 5) is 8.82. The van der Waals surface area contributed by atoms with Gasteiger partial charge in [-0.15, -0.1) is 0 Å². The van der Waals surface area contributed by atoms with Gasteiger partial charge in [0, 0.05) is 23.5 Å². The van der Waals surface area contributed by atoms with Gasteiger partial charge < -0.3 is 10.4 Å². The Morgan fingerprint density at radius 1 is 0.792 bits per heavy atom. The molecule has 3 aromatic carbocycles. The number of aromatic nitrogens is 2. The molecule has 0 aliphatic heterocycles. The van der Waals surface area contributed by atoms with Gasteiger partial charge in [-0.3, -0.25) is 0 Å².